The molecule has 0 saturated carbocycles. The molecule has 1 aliphatic heterocycles. The Labute approximate surface area is 98.4 Å². The number of piperidine rings is 1. The predicted octanol–water partition coefficient (Wildman–Crippen LogP) is 1.71. The van der Waals surface area contributed by atoms with Crippen molar-refractivity contribution < 1.29 is 0 Å². The molecule has 0 aromatic carbocycles. The highest BCUT2D eigenvalue weighted by atomic mass is 35.5. The molecule has 15 heavy (non-hydrogen) atoms. The molecule has 4 nitrogen and oxygen atoms in total. The molecule has 1 aromatic heterocycles. The van der Waals surface area contributed by atoms with Crippen LogP contribution < -0.4 is 10.6 Å². The Hall–Kier alpha value is -0.580. The minimum absolute atomic E-state index is 0.196. The van der Waals surface area contributed by atoms with E-state index in [2.05, 4.69) is 15.1 Å². The summed E-state index contributed by atoms with van der Waals surface area (Å²) in [6.45, 7) is 1.73. The molecule has 0 radical (unpaired) electrons. The van der Waals surface area contributed by atoms with Crippen molar-refractivity contribution in [2.45, 2.75) is 18.9 Å². The molecular formula is C9H12Cl2N4. The van der Waals surface area contributed by atoms with E-state index in [0.717, 1.165) is 31.6 Å². The Morgan fingerprint density at radius 3 is 2.93 bits per heavy atom. The van der Waals surface area contributed by atoms with Gasteiger partial charge in [-0.3, -0.25) is 0 Å². The highest BCUT2D eigenvalue weighted by molar-refractivity contribution is 6.33. The van der Waals surface area contributed by atoms with Crippen LogP contribution in [0.25, 0.3) is 0 Å². The summed E-state index contributed by atoms with van der Waals surface area (Å²) in [6, 6.07) is 1.93. The third kappa shape index (κ3) is 2.51. The summed E-state index contributed by atoms with van der Waals surface area (Å²) in [5, 5.41) is 8.20. The van der Waals surface area contributed by atoms with Crippen molar-refractivity contribution in [1.82, 2.24) is 10.2 Å². The van der Waals surface area contributed by atoms with Gasteiger partial charge in [-0.05, 0) is 12.8 Å². The maximum Gasteiger partial charge on any atom is 0.175 e. The van der Waals surface area contributed by atoms with Crippen molar-refractivity contribution in [2.75, 3.05) is 18.0 Å². The van der Waals surface area contributed by atoms with Crippen LogP contribution in [-0.4, -0.2) is 29.3 Å². The quantitative estimate of drug-likeness (QED) is 0.820. The first-order valence-electron chi connectivity index (χ1n) is 4.86. The first-order valence-corrected chi connectivity index (χ1v) is 5.61. The Kier molecular flexibility index (Phi) is 3.29. The second-order valence-electron chi connectivity index (χ2n) is 3.69. The zero-order chi connectivity index (χ0) is 10.8. The molecule has 1 fully saturated rings. The van der Waals surface area contributed by atoms with Crippen molar-refractivity contribution in [2.24, 2.45) is 5.73 Å². The van der Waals surface area contributed by atoms with Crippen molar-refractivity contribution in [3.05, 3.63) is 16.4 Å². The van der Waals surface area contributed by atoms with E-state index in [-0.39, 0.29) is 6.04 Å². The number of nitrogens with two attached hydrogens (primary N) is 1. The summed E-state index contributed by atoms with van der Waals surface area (Å²) < 4.78 is 0. The maximum absolute atomic E-state index is 5.96. The molecule has 1 saturated heterocycles. The Morgan fingerprint density at radius 2 is 2.20 bits per heavy atom. The third-order valence-corrected chi connectivity index (χ3v) is 2.95. The molecule has 0 aliphatic carbocycles. The van der Waals surface area contributed by atoms with E-state index in [0.29, 0.717) is 10.3 Å². The number of anilines is 1. The third-order valence-electron chi connectivity index (χ3n) is 2.50. The van der Waals surface area contributed by atoms with E-state index in [1.54, 1.807) is 6.07 Å². The highest BCUT2D eigenvalue weighted by Crippen LogP contribution is 2.27. The molecule has 0 unspecified atom stereocenters. The fourth-order valence-electron chi connectivity index (χ4n) is 1.79. The van der Waals surface area contributed by atoms with Gasteiger partial charge in [-0.15, -0.1) is 10.2 Å². The maximum atomic E-state index is 5.96. The van der Waals surface area contributed by atoms with E-state index < -0.39 is 0 Å². The number of aromatic nitrogens is 2. The highest BCUT2D eigenvalue weighted by Gasteiger charge is 2.19. The van der Waals surface area contributed by atoms with E-state index >= 15 is 0 Å². The summed E-state index contributed by atoms with van der Waals surface area (Å²) in [6.07, 6.45) is 2.12. The van der Waals surface area contributed by atoms with Crippen LogP contribution in [0.3, 0.4) is 0 Å². The van der Waals surface area contributed by atoms with Gasteiger partial charge in [-0.1, -0.05) is 23.2 Å². The summed E-state index contributed by atoms with van der Waals surface area (Å²) in [4.78, 5) is 2.11. The molecule has 2 rings (SSSR count). The van der Waals surface area contributed by atoms with Gasteiger partial charge in [0.1, 0.15) is 0 Å². The van der Waals surface area contributed by atoms with Crippen LogP contribution in [0.1, 0.15) is 12.8 Å². The molecule has 0 bridgehead atoms. The van der Waals surface area contributed by atoms with Gasteiger partial charge >= 0.3 is 0 Å². The molecule has 2 N–H and O–H groups in total. The van der Waals surface area contributed by atoms with Gasteiger partial charge in [-0.2, -0.15) is 0 Å². The number of rotatable bonds is 1. The van der Waals surface area contributed by atoms with Crippen LogP contribution in [0.4, 0.5) is 5.69 Å². The molecule has 0 amide bonds. The average Bonchev–Trinajstić information content (AvgIpc) is 2.22. The van der Waals surface area contributed by atoms with Crippen LogP contribution in [0, 0.1) is 0 Å². The molecule has 2 heterocycles. The number of nitrogens with zero attached hydrogens (tertiary/aromatic N) is 3. The van der Waals surface area contributed by atoms with Crippen molar-refractivity contribution >= 4 is 28.9 Å². The molecule has 82 valence electrons. The summed E-state index contributed by atoms with van der Waals surface area (Å²) >= 11 is 11.7. The van der Waals surface area contributed by atoms with Crippen LogP contribution in [0.5, 0.6) is 0 Å². The number of halogens is 2. The van der Waals surface area contributed by atoms with Crippen molar-refractivity contribution in [3.8, 4) is 0 Å². The minimum atomic E-state index is 0.196. The molecule has 1 atom stereocenters. The van der Waals surface area contributed by atoms with Gasteiger partial charge in [-0.25, -0.2) is 0 Å². The monoisotopic (exact) mass is 246 g/mol. The van der Waals surface area contributed by atoms with Crippen LogP contribution in [0.2, 0.25) is 10.3 Å². The first kappa shape index (κ1) is 10.9. The minimum Gasteiger partial charge on any atom is -0.367 e. The molecular weight excluding hydrogens is 235 g/mol. The topological polar surface area (TPSA) is 55.0 Å². The second-order valence-corrected chi connectivity index (χ2v) is 4.44. The van der Waals surface area contributed by atoms with Crippen molar-refractivity contribution in [1.29, 1.82) is 0 Å². The Balaban J connectivity index is 2.24. The number of hydrogen-bond acceptors (Lipinski definition) is 4. The summed E-state index contributed by atoms with van der Waals surface area (Å²) in [7, 11) is 0. The molecule has 1 aromatic rings. The van der Waals surface area contributed by atoms with Crippen LogP contribution >= 0.6 is 23.2 Å². The van der Waals surface area contributed by atoms with Gasteiger partial charge < -0.3 is 10.6 Å². The van der Waals surface area contributed by atoms with E-state index in [1.165, 1.54) is 0 Å². The first-order chi connectivity index (χ1) is 7.16. The van der Waals surface area contributed by atoms with E-state index in [1.807, 2.05) is 0 Å². The number of hydrogen-bond donors (Lipinski definition) is 1. The van der Waals surface area contributed by atoms with Gasteiger partial charge in [0.05, 0.1) is 5.69 Å². The lowest BCUT2D eigenvalue weighted by atomic mass is 10.1. The fourth-order valence-corrected chi connectivity index (χ4v) is 2.15. The van der Waals surface area contributed by atoms with E-state index in [9.17, 15) is 0 Å². The lowest BCUT2D eigenvalue weighted by molar-refractivity contribution is 0.505. The molecule has 0 spiro atoms. The molecule has 6 heteroatoms. The largest absolute Gasteiger partial charge is 0.367 e. The average molecular weight is 247 g/mol. The smallest absolute Gasteiger partial charge is 0.175 e. The predicted molar refractivity (Wildman–Crippen MR) is 61.5 cm³/mol. The fraction of sp³-hybridized carbons (Fsp3) is 0.556. The zero-order valence-corrected chi connectivity index (χ0v) is 9.67. The second kappa shape index (κ2) is 4.51. The Bertz CT molecular complexity index is 358. The standard InChI is InChI=1S/C9H12Cl2N4/c10-8-4-7(9(11)14-13-8)15-3-1-2-6(12)5-15/h4,6H,1-3,5,12H2/t6-/m1/s1. The van der Waals surface area contributed by atoms with Gasteiger partial charge in [0.15, 0.2) is 10.3 Å². The van der Waals surface area contributed by atoms with Gasteiger partial charge in [0.25, 0.3) is 0 Å². The van der Waals surface area contributed by atoms with Crippen LogP contribution in [0.15, 0.2) is 6.07 Å². The lowest BCUT2D eigenvalue weighted by Gasteiger charge is -2.32. The zero-order valence-electron chi connectivity index (χ0n) is 8.16. The SMILES string of the molecule is N[C@@H]1CCCN(c2cc(Cl)nnc2Cl)C1. The van der Waals surface area contributed by atoms with E-state index in [4.69, 9.17) is 28.9 Å². The van der Waals surface area contributed by atoms with Crippen LogP contribution in [-0.2, 0) is 0 Å². The van der Waals surface area contributed by atoms with Crippen molar-refractivity contribution in [3.63, 3.8) is 0 Å². The Morgan fingerprint density at radius 1 is 1.40 bits per heavy atom. The normalized spacial score (nSPS) is 21.8. The summed E-state index contributed by atoms with van der Waals surface area (Å²) in [5.74, 6) is 0. The van der Waals surface area contributed by atoms with Gasteiger partial charge in [0.2, 0.25) is 0 Å². The lowest BCUT2D eigenvalue weighted by Crippen LogP contribution is -2.43. The summed E-state index contributed by atoms with van der Waals surface area (Å²) in [5.41, 5.74) is 6.72. The molecule has 1 aliphatic rings. The van der Waals surface area contributed by atoms with Gasteiger partial charge in [0, 0.05) is 25.2 Å².